The van der Waals surface area contributed by atoms with Crippen LogP contribution in [-0.4, -0.2) is 42.3 Å². The van der Waals surface area contributed by atoms with Gasteiger partial charge in [-0.15, -0.1) is 0 Å². The van der Waals surface area contributed by atoms with Crippen molar-refractivity contribution in [3.8, 4) is 5.75 Å². The van der Waals surface area contributed by atoms with Crippen molar-refractivity contribution in [1.29, 1.82) is 0 Å². The summed E-state index contributed by atoms with van der Waals surface area (Å²) in [6, 6.07) is 23.2. The molecule has 0 aliphatic carbocycles. The Hall–Kier alpha value is -4.01. The van der Waals surface area contributed by atoms with Crippen LogP contribution in [0.4, 0.5) is 4.39 Å². The molecule has 1 atom stereocenters. The van der Waals surface area contributed by atoms with Crippen LogP contribution in [0.1, 0.15) is 29.5 Å². The normalized spacial score (nSPS) is 16.9. The molecular weight excluding hydrogens is 473 g/mol. The average Bonchev–Trinajstić information content (AvgIpc) is 3.35. The fraction of sp³-hybridized carbons (Fsp3) is 0.241. The van der Waals surface area contributed by atoms with Crippen molar-refractivity contribution < 1.29 is 23.8 Å². The molecule has 7 nitrogen and oxygen atoms in total. The second-order valence-electron chi connectivity index (χ2n) is 8.64. The van der Waals surface area contributed by atoms with Crippen LogP contribution in [0.5, 0.6) is 5.75 Å². The summed E-state index contributed by atoms with van der Waals surface area (Å²) >= 11 is 0. The van der Waals surface area contributed by atoms with E-state index in [1.165, 1.54) is 12.1 Å². The molecule has 37 heavy (non-hydrogen) atoms. The zero-order valence-corrected chi connectivity index (χ0v) is 20.4. The summed E-state index contributed by atoms with van der Waals surface area (Å²) in [5, 5.41) is 8.91. The highest BCUT2D eigenvalue weighted by Crippen LogP contribution is 2.27. The van der Waals surface area contributed by atoms with Gasteiger partial charge in [-0.05, 0) is 47.5 Å². The number of rotatable bonds is 12. The number of nitrogens with one attached hydrogen (secondary N) is 2. The van der Waals surface area contributed by atoms with E-state index in [2.05, 4.69) is 10.9 Å². The molecule has 0 bridgehead atoms. The van der Waals surface area contributed by atoms with Crippen LogP contribution in [0, 0.1) is 5.82 Å². The van der Waals surface area contributed by atoms with Crippen molar-refractivity contribution >= 4 is 17.9 Å². The van der Waals surface area contributed by atoms with Gasteiger partial charge in [-0.1, -0.05) is 54.6 Å². The molecule has 1 heterocycles. The van der Waals surface area contributed by atoms with E-state index in [9.17, 15) is 9.18 Å². The first kappa shape index (κ1) is 26.1. The zero-order valence-electron chi connectivity index (χ0n) is 20.4. The van der Waals surface area contributed by atoms with Crippen molar-refractivity contribution in [2.24, 2.45) is 4.99 Å². The van der Waals surface area contributed by atoms with Crippen molar-refractivity contribution in [3.63, 3.8) is 0 Å². The number of ether oxygens (including phenoxy) is 2. The fourth-order valence-corrected chi connectivity index (χ4v) is 3.80. The second-order valence-corrected chi connectivity index (χ2v) is 8.64. The van der Waals surface area contributed by atoms with E-state index < -0.39 is 5.54 Å². The highest BCUT2D eigenvalue weighted by Gasteiger charge is 2.43. The Labute approximate surface area is 215 Å². The van der Waals surface area contributed by atoms with Gasteiger partial charge in [-0.3, -0.25) is 10.2 Å². The minimum Gasteiger partial charge on any atom is -0.494 e. The number of nitrogens with zero attached hydrogens (tertiary/aromatic N) is 1. The lowest BCUT2D eigenvalue weighted by Gasteiger charge is -2.22. The van der Waals surface area contributed by atoms with Gasteiger partial charge in [-0.2, -0.15) is 0 Å². The van der Waals surface area contributed by atoms with Crippen molar-refractivity contribution in [3.05, 3.63) is 107 Å². The minimum absolute atomic E-state index is 0.0721. The lowest BCUT2D eigenvalue weighted by Crippen LogP contribution is -2.51. The standard InChI is InChI=1S/C29H30FN3O4/c30-25-11-4-9-23(19-25)20-31-33-28(35)29(16-5-10-22-7-2-1-3-8-22)21-37-27(32-29)24-12-14-26(15-13-24)36-18-6-17-34/h1-5,7-15,19,31,34H,6,16-18,20-21H2,(H,33,35)/b10-5+/t29-/m0/s1. The number of aliphatic hydroxyl groups is 1. The third-order valence-corrected chi connectivity index (χ3v) is 5.81. The minimum atomic E-state index is -1.17. The Morgan fingerprint density at radius 1 is 1.11 bits per heavy atom. The molecule has 1 aliphatic heterocycles. The molecule has 1 aliphatic rings. The molecule has 1 amide bonds. The fourth-order valence-electron chi connectivity index (χ4n) is 3.80. The monoisotopic (exact) mass is 503 g/mol. The van der Waals surface area contributed by atoms with E-state index in [0.717, 1.165) is 11.1 Å². The van der Waals surface area contributed by atoms with Gasteiger partial charge in [0.2, 0.25) is 5.90 Å². The summed E-state index contributed by atoms with van der Waals surface area (Å²) in [6.07, 6.45) is 4.73. The van der Waals surface area contributed by atoms with Crippen LogP contribution < -0.4 is 15.6 Å². The highest BCUT2D eigenvalue weighted by atomic mass is 19.1. The average molecular weight is 504 g/mol. The number of benzene rings is 3. The Kier molecular flexibility index (Phi) is 9.02. The molecule has 0 saturated heterocycles. The smallest absolute Gasteiger partial charge is 0.266 e. The first-order valence-corrected chi connectivity index (χ1v) is 12.1. The molecule has 8 heteroatoms. The molecule has 0 saturated carbocycles. The lowest BCUT2D eigenvalue weighted by atomic mass is 9.95. The van der Waals surface area contributed by atoms with E-state index in [1.54, 1.807) is 24.3 Å². The number of carbonyl (C=O) groups is 1. The van der Waals surface area contributed by atoms with Crippen LogP contribution >= 0.6 is 0 Å². The van der Waals surface area contributed by atoms with E-state index in [4.69, 9.17) is 19.6 Å². The number of hydrogen-bond acceptors (Lipinski definition) is 6. The Balaban J connectivity index is 1.48. The van der Waals surface area contributed by atoms with E-state index in [1.807, 2.05) is 54.6 Å². The third-order valence-electron chi connectivity index (χ3n) is 5.81. The summed E-state index contributed by atoms with van der Waals surface area (Å²) in [4.78, 5) is 18.1. The molecule has 0 aromatic heterocycles. The van der Waals surface area contributed by atoms with Gasteiger partial charge in [-0.25, -0.2) is 14.8 Å². The Bertz CT molecular complexity index is 1230. The summed E-state index contributed by atoms with van der Waals surface area (Å²) in [7, 11) is 0. The van der Waals surface area contributed by atoms with Crippen LogP contribution in [0.15, 0.2) is 89.9 Å². The van der Waals surface area contributed by atoms with Gasteiger partial charge >= 0.3 is 0 Å². The number of carbonyl (C=O) groups excluding carboxylic acids is 1. The van der Waals surface area contributed by atoms with Gasteiger partial charge in [0.25, 0.3) is 5.91 Å². The SMILES string of the molecule is O=C(NNCc1cccc(F)c1)[C@]1(C/C=C/c2ccccc2)COC(c2ccc(OCCCO)cc2)=N1. The molecule has 0 unspecified atom stereocenters. The Morgan fingerprint density at radius 3 is 2.68 bits per heavy atom. The maximum Gasteiger partial charge on any atom is 0.266 e. The molecule has 3 aromatic rings. The van der Waals surface area contributed by atoms with E-state index in [-0.39, 0.29) is 31.5 Å². The molecular formula is C29H30FN3O4. The zero-order chi connectivity index (χ0) is 25.9. The molecule has 3 aromatic carbocycles. The molecule has 0 fully saturated rings. The number of halogens is 1. The first-order chi connectivity index (χ1) is 18.1. The maximum absolute atomic E-state index is 13.5. The number of hydrazine groups is 1. The summed E-state index contributed by atoms with van der Waals surface area (Å²) in [6.45, 7) is 0.827. The van der Waals surface area contributed by atoms with Crippen LogP contribution in [0.3, 0.4) is 0 Å². The van der Waals surface area contributed by atoms with Gasteiger partial charge in [0, 0.05) is 31.6 Å². The topological polar surface area (TPSA) is 92.2 Å². The van der Waals surface area contributed by atoms with E-state index >= 15 is 0 Å². The number of aliphatic imine (C=N–C) groups is 1. The van der Waals surface area contributed by atoms with Crippen molar-refractivity contribution in [2.45, 2.75) is 24.9 Å². The van der Waals surface area contributed by atoms with Gasteiger partial charge in [0.1, 0.15) is 18.2 Å². The predicted octanol–water partition coefficient (Wildman–Crippen LogP) is 4.03. The number of aliphatic hydroxyl groups excluding tert-OH is 1. The van der Waals surface area contributed by atoms with E-state index in [0.29, 0.717) is 36.7 Å². The lowest BCUT2D eigenvalue weighted by molar-refractivity contribution is -0.127. The third kappa shape index (κ3) is 7.25. The molecule has 192 valence electrons. The van der Waals surface area contributed by atoms with Crippen molar-refractivity contribution in [1.82, 2.24) is 10.9 Å². The predicted molar refractivity (Wildman–Crippen MR) is 140 cm³/mol. The first-order valence-electron chi connectivity index (χ1n) is 12.1. The molecule has 4 rings (SSSR count). The summed E-state index contributed by atoms with van der Waals surface area (Å²) in [5.41, 5.74) is 6.86. The van der Waals surface area contributed by atoms with Crippen molar-refractivity contribution in [2.75, 3.05) is 19.8 Å². The largest absolute Gasteiger partial charge is 0.494 e. The number of hydrogen-bond donors (Lipinski definition) is 3. The second kappa shape index (κ2) is 12.8. The van der Waals surface area contributed by atoms with Gasteiger partial charge < -0.3 is 14.6 Å². The summed E-state index contributed by atoms with van der Waals surface area (Å²) < 4.78 is 25.0. The quantitative estimate of drug-likeness (QED) is 0.256. The maximum atomic E-state index is 13.5. The number of amides is 1. The van der Waals surface area contributed by atoms with Gasteiger partial charge in [0.05, 0.1) is 6.61 Å². The van der Waals surface area contributed by atoms with Crippen LogP contribution in [0.25, 0.3) is 6.08 Å². The molecule has 0 radical (unpaired) electrons. The van der Waals surface area contributed by atoms with Crippen LogP contribution in [-0.2, 0) is 16.1 Å². The highest BCUT2D eigenvalue weighted by molar-refractivity contribution is 6.00. The Morgan fingerprint density at radius 2 is 1.92 bits per heavy atom. The molecule has 3 N–H and O–H groups in total. The van der Waals surface area contributed by atoms with Crippen LogP contribution in [0.2, 0.25) is 0 Å². The van der Waals surface area contributed by atoms with Gasteiger partial charge in [0.15, 0.2) is 5.54 Å². The molecule has 0 spiro atoms. The summed E-state index contributed by atoms with van der Waals surface area (Å²) in [5.74, 6) is 0.361.